The number of carbonyl (C=O) groups excluding carboxylic acids is 2. The number of amides is 2. The number of carboxylic acids is 1. The van der Waals surface area contributed by atoms with Crippen molar-refractivity contribution in [1.82, 2.24) is 10.6 Å². The number of carboxylic acid groups (broad SMARTS) is 1. The second-order valence-electron chi connectivity index (χ2n) is 8.34. The van der Waals surface area contributed by atoms with Crippen LogP contribution in [0.4, 0.5) is 4.79 Å². The number of aliphatic carboxylic acids is 1. The summed E-state index contributed by atoms with van der Waals surface area (Å²) in [5.41, 5.74) is 3.23. The molecule has 1 aliphatic rings. The fraction of sp³-hybridized carbons (Fsp3) is 0.320. The van der Waals surface area contributed by atoms with Crippen LogP contribution in [-0.2, 0) is 14.3 Å². The molecule has 166 valence electrons. The van der Waals surface area contributed by atoms with Gasteiger partial charge in [0, 0.05) is 18.9 Å². The average Bonchev–Trinajstić information content (AvgIpc) is 3.09. The van der Waals surface area contributed by atoms with E-state index in [1.54, 1.807) is 0 Å². The highest BCUT2D eigenvalue weighted by Crippen LogP contribution is 2.44. The molecule has 1 aliphatic carbocycles. The van der Waals surface area contributed by atoms with Crippen molar-refractivity contribution in [2.75, 3.05) is 13.2 Å². The summed E-state index contributed by atoms with van der Waals surface area (Å²) in [6, 6.07) is 14.9. The molecule has 7 heteroatoms. The number of carbonyl (C=O) groups is 3. The first-order valence-corrected chi connectivity index (χ1v) is 10.3. The molecule has 32 heavy (non-hydrogen) atoms. The minimum absolute atomic E-state index is 0.0521. The van der Waals surface area contributed by atoms with E-state index in [-0.39, 0.29) is 25.5 Å². The van der Waals surface area contributed by atoms with Crippen LogP contribution in [0.3, 0.4) is 0 Å². The number of alkyl carbamates (subject to hydrolysis) is 1. The molecule has 3 rings (SSSR count). The van der Waals surface area contributed by atoms with Crippen LogP contribution >= 0.6 is 0 Å². The molecule has 1 unspecified atom stereocenters. The SMILES string of the molecule is C#CCC(NC(=O)OCC1c2ccccc2-c2ccccc21)C(=O)NCC(C)(C)C(=O)O. The Morgan fingerprint density at radius 3 is 2.19 bits per heavy atom. The highest BCUT2D eigenvalue weighted by molar-refractivity contribution is 5.86. The second kappa shape index (κ2) is 9.56. The van der Waals surface area contributed by atoms with Gasteiger partial charge in [0.2, 0.25) is 5.91 Å². The van der Waals surface area contributed by atoms with E-state index in [0.717, 1.165) is 22.3 Å². The monoisotopic (exact) mass is 434 g/mol. The number of fused-ring (bicyclic) bond motifs is 3. The molecule has 0 heterocycles. The molecular formula is C25H26N2O5. The molecular weight excluding hydrogens is 408 g/mol. The number of ether oxygens (including phenoxy) is 1. The Morgan fingerprint density at radius 2 is 1.66 bits per heavy atom. The molecule has 0 bridgehead atoms. The maximum absolute atomic E-state index is 12.5. The van der Waals surface area contributed by atoms with Crippen LogP contribution in [0.5, 0.6) is 0 Å². The van der Waals surface area contributed by atoms with Gasteiger partial charge in [-0.3, -0.25) is 9.59 Å². The summed E-state index contributed by atoms with van der Waals surface area (Å²) in [5, 5.41) is 14.2. The van der Waals surface area contributed by atoms with Crippen LogP contribution < -0.4 is 10.6 Å². The number of terminal acetylenes is 1. The summed E-state index contributed by atoms with van der Waals surface area (Å²) in [4.78, 5) is 36.1. The van der Waals surface area contributed by atoms with Crippen LogP contribution in [0.25, 0.3) is 11.1 Å². The summed E-state index contributed by atoms with van der Waals surface area (Å²) in [5.74, 6) is 0.633. The van der Waals surface area contributed by atoms with Crippen molar-refractivity contribution in [2.45, 2.75) is 32.2 Å². The van der Waals surface area contributed by atoms with Gasteiger partial charge in [0.05, 0.1) is 5.41 Å². The minimum Gasteiger partial charge on any atom is -0.481 e. The van der Waals surface area contributed by atoms with Crippen molar-refractivity contribution in [2.24, 2.45) is 5.41 Å². The van der Waals surface area contributed by atoms with Crippen LogP contribution in [0.15, 0.2) is 48.5 Å². The first-order valence-electron chi connectivity index (χ1n) is 10.3. The number of hydrogen-bond acceptors (Lipinski definition) is 4. The predicted octanol–water partition coefficient (Wildman–Crippen LogP) is 3.14. The molecule has 1 atom stereocenters. The van der Waals surface area contributed by atoms with Gasteiger partial charge in [-0.25, -0.2) is 4.79 Å². The summed E-state index contributed by atoms with van der Waals surface area (Å²) < 4.78 is 5.46. The molecule has 0 aromatic heterocycles. The van der Waals surface area contributed by atoms with E-state index in [2.05, 4.69) is 16.6 Å². The summed E-state index contributed by atoms with van der Waals surface area (Å²) in [7, 11) is 0. The van der Waals surface area contributed by atoms with E-state index < -0.39 is 29.4 Å². The molecule has 0 aliphatic heterocycles. The van der Waals surface area contributed by atoms with Gasteiger partial charge in [-0.1, -0.05) is 48.5 Å². The lowest BCUT2D eigenvalue weighted by Gasteiger charge is -2.22. The zero-order valence-electron chi connectivity index (χ0n) is 18.1. The topological polar surface area (TPSA) is 105 Å². The predicted molar refractivity (Wildman–Crippen MR) is 120 cm³/mol. The van der Waals surface area contributed by atoms with Gasteiger partial charge < -0.3 is 20.5 Å². The van der Waals surface area contributed by atoms with Gasteiger partial charge in [-0.05, 0) is 36.1 Å². The highest BCUT2D eigenvalue weighted by Gasteiger charge is 2.31. The fourth-order valence-corrected chi connectivity index (χ4v) is 3.62. The molecule has 2 aromatic rings. The molecule has 0 fully saturated rings. The lowest BCUT2D eigenvalue weighted by atomic mass is 9.94. The van der Waals surface area contributed by atoms with Crippen molar-refractivity contribution in [1.29, 1.82) is 0 Å². The molecule has 2 amide bonds. The normalized spacial score (nSPS) is 13.3. The molecule has 3 N–H and O–H groups in total. The van der Waals surface area contributed by atoms with Crippen LogP contribution in [-0.4, -0.2) is 42.3 Å². The van der Waals surface area contributed by atoms with Crippen LogP contribution in [0, 0.1) is 17.8 Å². The van der Waals surface area contributed by atoms with Gasteiger partial charge in [0.15, 0.2) is 0 Å². The Balaban J connectivity index is 1.62. The summed E-state index contributed by atoms with van der Waals surface area (Å²) in [6.07, 6.45) is 4.52. The molecule has 2 aromatic carbocycles. The Hall–Kier alpha value is -3.79. The summed E-state index contributed by atoms with van der Waals surface area (Å²) in [6.45, 7) is 2.99. The zero-order chi connectivity index (χ0) is 23.3. The Bertz CT molecular complexity index is 1020. The Kier molecular flexibility index (Phi) is 6.84. The van der Waals surface area contributed by atoms with Crippen LogP contribution in [0.1, 0.15) is 37.3 Å². The smallest absolute Gasteiger partial charge is 0.407 e. The number of hydrogen-bond donors (Lipinski definition) is 3. The summed E-state index contributed by atoms with van der Waals surface area (Å²) >= 11 is 0. The van der Waals surface area contributed by atoms with Crippen molar-refractivity contribution in [3.63, 3.8) is 0 Å². The fourth-order valence-electron chi connectivity index (χ4n) is 3.62. The van der Waals surface area contributed by atoms with Gasteiger partial charge in [0.25, 0.3) is 0 Å². The van der Waals surface area contributed by atoms with E-state index in [4.69, 9.17) is 11.2 Å². The van der Waals surface area contributed by atoms with Crippen molar-refractivity contribution in [3.05, 3.63) is 59.7 Å². The second-order valence-corrected chi connectivity index (χ2v) is 8.34. The highest BCUT2D eigenvalue weighted by atomic mass is 16.5. The van der Waals surface area contributed by atoms with Gasteiger partial charge >= 0.3 is 12.1 Å². The maximum atomic E-state index is 12.5. The third-order valence-electron chi connectivity index (χ3n) is 5.56. The lowest BCUT2D eigenvalue weighted by Crippen LogP contribution is -2.49. The molecule has 0 spiro atoms. The molecule has 0 radical (unpaired) electrons. The van der Waals surface area contributed by atoms with E-state index in [1.165, 1.54) is 13.8 Å². The van der Waals surface area contributed by atoms with Crippen molar-refractivity contribution < 1.29 is 24.2 Å². The van der Waals surface area contributed by atoms with Gasteiger partial charge in [0.1, 0.15) is 12.6 Å². The molecule has 7 nitrogen and oxygen atoms in total. The first-order chi connectivity index (χ1) is 15.2. The van der Waals surface area contributed by atoms with Gasteiger partial charge in [-0.2, -0.15) is 0 Å². The van der Waals surface area contributed by atoms with E-state index >= 15 is 0 Å². The first kappa shape index (κ1) is 22.9. The van der Waals surface area contributed by atoms with Crippen molar-refractivity contribution in [3.8, 4) is 23.5 Å². The number of rotatable bonds is 8. The van der Waals surface area contributed by atoms with Crippen molar-refractivity contribution >= 4 is 18.0 Å². The van der Waals surface area contributed by atoms with E-state index in [1.807, 2.05) is 48.5 Å². The quantitative estimate of drug-likeness (QED) is 0.554. The standard InChI is InChI=1S/C25H26N2O5/c1-4-9-21(22(28)26-15-25(2,3)23(29)30)27-24(31)32-14-20-18-12-7-5-10-16(18)17-11-6-8-13-19(17)20/h1,5-8,10-13,20-21H,9,14-15H2,2-3H3,(H,26,28)(H,27,31)(H,29,30). The van der Waals surface area contributed by atoms with E-state index in [9.17, 15) is 19.5 Å². The zero-order valence-corrected chi connectivity index (χ0v) is 18.1. The third-order valence-corrected chi connectivity index (χ3v) is 5.56. The van der Waals surface area contributed by atoms with Gasteiger partial charge in [-0.15, -0.1) is 12.3 Å². The molecule has 0 saturated carbocycles. The number of benzene rings is 2. The maximum Gasteiger partial charge on any atom is 0.407 e. The molecule has 0 saturated heterocycles. The Morgan fingerprint density at radius 1 is 1.09 bits per heavy atom. The van der Waals surface area contributed by atoms with E-state index in [0.29, 0.717) is 0 Å². The lowest BCUT2D eigenvalue weighted by molar-refractivity contribution is -0.146. The third kappa shape index (κ3) is 4.92. The Labute approximate surface area is 187 Å². The minimum atomic E-state index is -1.15. The number of nitrogens with one attached hydrogen (secondary N) is 2. The largest absolute Gasteiger partial charge is 0.481 e. The average molecular weight is 434 g/mol. The van der Waals surface area contributed by atoms with Crippen LogP contribution in [0.2, 0.25) is 0 Å².